The van der Waals surface area contributed by atoms with Gasteiger partial charge in [0, 0.05) is 12.8 Å². The summed E-state index contributed by atoms with van der Waals surface area (Å²) in [6, 6.07) is 59.6. The van der Waals surface area contributed by atoms with E-state index in [1.165, 1.54) is 0 Å². The minimum Gasteiger partial charge on any atom is -0.459 e. The molecule has 0 aliphatic carbocycles. The molecule has 8 rings (SSSR count). The van der Waals surface area contributed by atoms with Crippen molar-refractivity contribution in [3.05, 3.63) is 254 Å². The molecule has 70 heavy (non-hydrogen) atoms. The minimum atomic E-state index is 0.243. The molecule has 0 fully saturated rings. The summed E-state index contributed by atoms with van der Waals surface area (Å²) in [5, 5.41) is 46.0. The highest BCUT2D eigenvalue weighted by atomic mass is 16.5. The quantitative estimate of drug-likeness (QED) is 0.108. The van der Waals surface area contributed by atoms with Gasteiger partial charge in [-0.15, -0.1) is 0 Å². The lowest BCUT2D eigenvalue weighted by molar-refractivity contribution is 0.471. The van der Waals surface area contributed by atoms with Crippen LogP contribution in [-0.4, -0.2) is 0 Å². The average Bonchev–Trinajstić information content (AvgIpc) is 3.40. The average molecular weight is 905 g/mol. The summed E-state index contributed by atoms with van der Waals surface area (Å²) in [5.41, 5.74) is 6.01. The van der Waals surface area contributed by atoms with Crippen LogP contribution in [0.25, 0.3) is 14.5 Å². The van der Waals surface area contributed by atoms with Crippen LogP contribution >= 0.6 is 0 Å². The van der Waals surface area contributed by atoms with E-state index >= 15 is 0 Å². The fraction of sp³-hybridized carbons (Fsp3) is 0.0345. The summed E-state index contributed by atoms with van der Waals surface area (Å²) in [4.78, 5) is 10.1. The summed E-state index contributed by atoms with van der Waals surface area (Å²) in [5.74, 6) is 4.42. The van der Waals surface area contributed by atoms with Gasteiger partial charge in [-0.25, -0.2) is 9.69 Å². The van der Waals surface area contributed by atoms with Crippen LogP contribution in [0.2, 0.25) is 0 Å². The standard InChI is InChI=1S/2C29H16N4O2/c1-32-26-14-13-25(17-27(26)33-2)35-29-10-6-4-8-21(29)15-20-7-3-5-9-28(20)34-24-12-11-22(18-30)23(16-24)19-31;1-33-28-13-12-26(16-24(28)19-32)34-25-9-6-20(7-10-25)14-21-4-2-3-5-29(21)35-27-11-8-22(17-30)23(15-27)18-31/h3-14,16-17H,15H2;2-13,15-16H,14H2. The molecule has 328 valence electrons. The van der Waals surface area contributed by atoms with E-state index in [9.17, 15) is 15.8 Å². The van der Waals surface area contributed by atoms with Crippen molar-refractivity contribution >= 4 is 17.1 Å². The van der Waals surface area contributed by atoms with Crippen molar-refractivity contribution < 1.29 is 18.9 Å². The maximum absolute atomic E-state index is 9.30. The van der Waals surface area contributed by atoms with Crippen LogP contribution in [-0.2, 0) is 12.8 Å². The lowest BCUT2D eigenvalue weighted by Crippen LogP contribution is -1.97. The van der Waals surface area contributed by atoms with Crippen LogP contribution < -0.4 is 18.9 Å². The van der Waals surface area contributed by atoms with Crippen molar-refractivity contribution in [3.8, 4) is 76.3 Å². The van der Waals surface area contributed by atoms with Gasteiger partial charge in [-0.2, -0.15) is 26.3 Å². The van der Waals surface area contributed by atoms with Gasteiger partial charge in [-0.3, -0.25) is 4.85 Å². The zero-order valence-electron chi connectivity index (χ0n) is 36.8. The van der Waals surface area contributed by atoms with Crippen LogP contribution in [0.15, 0.2) is 170 Å². The first-order chi connectivity index (χ1) is 34.3. The summed E-state index contributed by atoms with van der Waals surface area (Å²) in [6.07, 6.45) is 1.11. The van der Waals surface area contributed by atoms with Crippen molar-refractivity contribution in [3.63, 3.8) is 0 Å². The Hall–Kier alpha value is -11.1. The normalized spacial score (nSPS) is 9.71. The second kappa shape index (κ2) is 22.7. The lowest BCUT2D eigenvalue weighted by atomic mass is 10.0. The number of nitriles is 5. The van der Waals surface area contributed by atoms with Crippen LogP contribution in [0, 0.1) is 76.4 Å². The van der Waals surface area contributed by atoms with Gasteiger partial charge < -0.3 is 18.9 Å². The zero-order chi connectivity index (χ0) is 49.2. The first-order valence-electron chi connectivity index (χ1n) is 21.0. The Labute approximate surface area is 404 Å². The molecule has 8 aromatic carbocycles. The molecule has 0 N–H and O–H groups in total. The molecule has 12 nitrogen and oxygen atoms in total. The molecule has 0 spiro atoms. The number of hydrogen-bond donors (Lipinski definition) is 0. The lowest BCUT2D eigenvalue weighted by Gasteiger charge is -2.15. The van der Waals surface area contributed by atoms with Crippen LogP contribution in [0.4, 0.5) is 17.1 Å². The molecule has 0 radical (unpaired) electrons. The number of benzene rings is 8. The van der Waals surface area contributed by atoms with Crippen molar-refractivity contribution in [2.45, 2.75) is 12.8 Å². The zero-order valence-corrected chi connectivity index (χ0v) is 36.8. The van der Waals surface area contributed by atoms with Crippen LogP contribution in [0.1, 0.15) is 50.1 Å². The Bertz CT molecular complexity index is 3500. The molecule has 8 aromatic rings. The third-order valence-electron chi connectivity index (χ3n) is 10.4. The van der Waals surface area contributed by atoms with Gasteiger partial charge in [-0.05, 0) is 113 Å². The first kappa shape index (κ1) is 46.9. The van der Waals surface area contributed by atoms with E-state index in [0.29, 0.717) is 75.7 Å². The third-order valence-corrected chi connectivity index (χ3v) is 10.4. The Morgan fingerprint density at radius 2 is 0.700 bits per heavy atom. The highest BCUT2D eigenvalue weighted by Gasteiger charge is 2.14. The van der Waals surface area contributed by atoms with Crippen molar-refractivity contribution in [1.29, 1.82) is 26.3 Å². The fourth-order valence-corrected chi connectivity index (χ4v) is 6.94. The highest BCUT2D eigenvalue weighted by molar-refractivity contribution is 5.72. The number of rotatable bonds is 12. The molecule has 0 amide bonds. The van der Waals surface area contributed by atoms with E-state index < -0.39 is 0 Å². The van der Waals surface area contributed by atoms with Crippen molar-refractivity contribution in [2.75, 3.05) is 0 Å². The van der Waals surface area contributed by atoms with Gasteiger partial charge in [-0.1, -0.05) is 78.9 Å². The Kier molecular flexibility index (Phi) is 15.2. The molecule has 0 atom stereocenters. The molecular formula is C58H32N8O4. The predicted octanol–water partition coefficient (Wildman–Crippen LogP) is 14.7. The van der Waals surface area contributed by atoms with Gasteiger partial charge in [0.1, 0.15) is 70.3 Å². The predicted molar refractivity (Wildman–Crippen MR) is 260 cm³/mol. The number of nitrogens with zero attached hydrogens (tertiary/aromatic N) is 8. The second-order valence-electron chi connectivity index (χ2n) is 14.9. The Morgan fingerprint density at radius 3 is 1.16 bits per heavy atom. The Morgan fingerprint density at radius 1 is 0.329 bits per heavy atom. The molecule has 0 aliphatic heterocycles. The summed E-state index contributed by atoms with van der Waals surface area (Å²) in [6.45, 7) is 21.6. The van der Waals surface area contributed by atoms with Gasteiger partial charge >= 0.3 is 0 Å². The monoisotopic (exact) mass is 904 g/mol. The van der Waals surface area contributed by atoms with Gasteiger partial charge in [0.05, 0.1) is 53.6 Å². The second-order valence-corrected chi connectivity index (χ2v) is 14.9. The van der Waals surface area contributed by atoms with E-state index in [0.717, 1.165) is 22.3 Å². The van der Waals surface area contributed by atoms with Gasteiger partial charge in [0.2, 0.25) is 5.69 Å². The molecule has 0 heterocycles. The maximum atomic E-state index is 9.30. The van der Waals surface area contributed by atoms with Crippen LogP contribution in [0.5, 0.6) is 46.0 Å². The summed E-state index contributed by atoms with van der Waals surface area (Å²) >= 11 is 0. The summed E-state index contributed by atoms with van der Waals surface area (Å²) in [7, 11) is 0. The SMILES string of the molecule is [C-]#[N+]c1ccc(Oc2ccc(Cc3ccccc3Oc3ccc(C#N)c(C#N)c3)cc2)cc1C#N.[C-]#[N+]c1ccc(Oc2ccccc2Cc2ccccc2Oc2ccc(C#N)c(C#N)c2)cc1[N+]#[C-]. The first-order valence-corrected chi connectivity index (χ1v) is 21.0. The smallest absolute Gasteiger partial charge is 0.204 e. The molecule has 0 bridgehead atoms. The van der Waals surface area contributed by atoms with Gasteiger partial charge in [0.25, 0.3) is 0 Å². The highest BCUT2D eigenvalue weighted by Crippen LogP contribution is 2.37. The summed E-state index contributed by atoms with van der Waals surface area (Å²) < 4.78 is 24.0. The Balaban J connectivity index is 0.000000206. The molecular weight excluding hydrogens is 873 g/mol. The number of ether oxygens (including phenoxy) is 4. The van der Waals surface area contributed by atoms with E-state index in [1.54, 1.807) is 72.8 Å². The number of hydrogen-bond acceptors (Lipinski definition) is 9. The maximum Gasteiger partial charge on any atom is 0.204 e. The molecule has 0 aliphatic rings. The topological polar surface area (TPSA) is 169 Å². The van der Waals surface area contributed by atoms with Gasteiger partial charge in [0.15, 0.2) is 11.4 Å². The minimum absolute atomic E-state index is 0.243. The number of para-hydroxylation sites is 3. The molecule has 0 aromatic heterocycles. The molecule has 12 heteroatoms. The van der Waals surface area contributed by atoms with Crippen molar-refractivity contribution in [2.24, 2.45) is 0 Å². The van der Waals surface area contributed by atoms with E-state index in [4.69, 9.17) is 49.2 Å². The third kappa shape index (κ3) is 11.6. The van der Waals surface area contributed by atoms with E-state index in [2.05, 4.69) is 14.5 Å². The largest absolute Gasteiger partial charge is 0.459 e. The fourth-order valence-electron chi connectivity index (χ4n) is 6.94. The van der Waals surface area contributed by atoms with Crippen molar-refractivity contribution in [1.82, 2.24) is 0 Å². The molecule has 0 saturated carbocycles. The molecule has 0 unspecified atom stereocenters. The van der Waals surface area contributed by atoms with E-state index in [1.807, 2.05) is 127 Å². The molecule has 0 saturated heterocycles. The van der Waals surface area contributed by atoms with Crippen LogP contribution in [0.3, 0.4) is 0 Å². The van der Waals surface area contributed by atoms with E-state index in [-0.39, 0.29) is 28.1 Å².